The molecule has 8 nitrogen and oxygen atoms in total. The summed E-state index contributed by atoms with van der Waals surface area (Å²) >= 11 is 1.48. The van der Waals surface area contributed by atoms with Gasteiger partial charge in [-0.2, -0.15) is 0 Å². The zero-order valence-electron chi connectivity index (χ0n) is 23.7. The second-order valence-corrected chi connectivity index (χ2v) is 13.5. The molecule has 4 N–H and O–H groups in total. The number of aliphatic hydroxyl groups excluding tert-OH is 1. The van der Waals surface area contributed by atoms with Crippen LogP contribution < -0.4 is 10.6 Å². The number of aromatic hydroxyl groups is 1. The summed E-state index contributed by atoms with van der Waals surface area (Å²) in [6, 6.07) is 12.2. The molecule has 0 spiro atoms. The second-order valence-electron chi connectivity index (χ2n) is 11.9. The van der Waals surface area contributed by atoms with Crippen LogP contribution >= 0.6 is 11.8 Å². The SMILES string of the molecule is Cc1c(O)cccc1C(=O)N[C@@H](Cc1ccccc1)[C@H](O)C(=O)N1CSC(C)(C)[C@H]1C(=O)NCCC(C)(C)C. The van der Waals surface area contributed by atoms with Crippen molar-refractivity contribution in [2.24, 2.45) is 5.41 Å². The van der Waals surface area contributed by atoms with E-state index in [4.69, 9.17) is 0 Å². The molecule has 1 aliphatic heterocycles. The average Bonchev–Trinajstić information content (AvgIpc) is 3.19. The van der Waals surface area contributed by atoms with Gasteiger partial charge in [-0.3, -0.25) is 14.4 Å². The van der Waals surface area contributed by atoms with Gasteiger partial charge < -0.3 is 25.7 Å². The molecule has 1 fully saturated rings. The lowest BCUT2D eigenvalue weighted by Gasteiger charge is -2.33. The van der Waals surface area contributed by atoms with Crippen LogP contribution in [0.25, 0.3) is 0 Å². The third kappa shape index (κ3) is 7.76. The summed E-state index contributed by atoms with van der Waals surface area (Å²) in [5.74, 6) is -1.15. The standard InChI is InChI=1S/C30H41N3O5S/c1-19-21(13-10-14-23(19)34)26(36)32-22(17-20-11-8-7-9-12-20)24(35)28(38)33-18-39-30(5,6)25(33)27(37)31-16-15-29(2,3)4/h7-14,22,24-25,34-35H,15-18H2,1-6H3,(H,31,37)(H,32,36)/t22-,24-,25+/m0/s1. The minimum atomic E-state index is -1.59. The molecule has 0 saturated carbocycles. The van der Waals surface area contributed by atoms with Crippen molar-refractivity contribution in [1.82, 2.24) is 15.5 Å². The van der Waals surface area contributed by atoms with Gasteiger partial charge >= 0.3 is 0 Å². The van der Waals surface area contributed by atoms with Crippen molar-refractivity contribution in [3.63, 3.8) is 0 Å². The zero-order chi connectivity index (χ0) is 29.0. The van der Waals surface area contributed by atoms with E-state index in [0.717, 1.165) is 12.0 Å². The quantitative estimate of drug-likeness (QED) is 0.375. The third-order valence-corrected chi connectivity index (χ3v) is 8.42. The summed E-state index contributed by atoms with van der Waals surface area (Å²) in [6.07, 6.45) is -0.606. The average molecular weight is 556 g/mol. The van der Waals surface area contributed by atoms with Crippen molar-refractivity contribution in [2.75, 3.05) is 12.4 Å². The molecule has 2 aromatic rings. The Bertz CT molecular complexity index is 1180. The summed E-state index contributed by atoms with van der Waals surface area (Å²) in [7, 11) is 0. The molecule has 212 valence electrons. The fourth-order valence-corrected chi connectivity index (χ4v) is 5.78. The van der Waals surface area contributed by atoms with Gasteiger partial charge in [-0.05, 0) is 56.7 Å². The Morgan fingerprint density at radius 3 is 2.41 bits per heavy atom. The van der Waals surface area contributed by atoms with Crippen LogP contribution in [0.1, 0.15) is 62.5 Å². The van der Waals surface area contributed by atoms with E-state index in [0.29, 0.717) is 12.1 Å². The minimum absolute atomic E-state index is 0.0180. The lowest BCUT2D eigenvalue weighted by molar-refractivity contribution is -0.147. The van der Waals surface area contributed by atoms with Gasteiger partial charge in [0.15, 0.2) is 6.10 Å². The van der Waals surface area contributed by atoms with Crippen LogP contribution in [0.2, 0.25) is 0 Å². The van der Waals surface area contributed by atoms with Gasteiger partial charge in [0.2, 0.25) is 5.91 Å². The summed E-state index contributed by atoms with van der Waals surface area (Å²) in [5.41, 5.74) is 1.53. The molecule has 3 rings (SSSR count). The number of hydrogen-bond acceptors (Lipinski definition) is 6. The Morgan fingerprint density at radius 2 is 1.77 bits per heavy atom. The van der Waals surface area contributed by atoms with Crippen LogP contribution in [-0.4, -0.2) is 68.2 Å². The van der Waals surface area contributed by atoms with Gasteiger partial charge in [0, 0.05) is 22.4 Å². The van der Waals surface area contributed by atoms with E-state index in [-0.39, 0.29) is 34.9 Å². The molecule has 39 heavy (non-hydrogen) atoms. The first-order chi connectivity index (χ1) is 18.2. The molecule has 0 aromatic heterocycles. The first kappa shape index (κ1) is 30.5. The van der Waals surface area contributed by atoms with E-state index in [1.54, 1.807) is 19.1 Å². The predicted octanol–water partition coefficient (Wildman–Crippen LogP) is 3.64. The molecular formula is C30H41N3O5S. The van der Waals surface area contributed by atoms with Crippen molar-refractivity contribution < 1.29 is 24.6 Å². The summed E-state index contributed by atoms with van der Waals surface area (Å²) in [4.78, 5) is 41.7. The van der Waals surface area contributed by atoms with Crippen LogP contribution in [0.15, 0.2) is 48.5 Å². The molecule has 0 bridgehead atoms. The van der Waals surface area contributed by atoms with Crippen molar-refractivity contribution in [3.05, 3.63) is 65.2 Å². The number of rotatable bonds is 9. The third-order valence-electron chi connectivity index (χ3n) is 7.05. The topological polar surface area (TPSA) is 119 Å². The van der Waals surface area contributed by atoms with Crippen molar-refractivity contribution in [2.45, 2.75) is 77.3 Å². The highest BCUT2D eigenvalue weighted by molar-refractivity contribution is 8.00. The Balaban J connectivity index is 1.84. The van der Waals surface area contributed by atoms with Crippen LogP contribution in [0.4, 0.5) is 0 Å². The second kappa shape index (κ2) is 12.4. The van der Waals surface area contributed by atoms with Gasteiger partial charge in [0.1, 0.15) is 11.8 Å². The van der Waals surface area contributed by atoms with Crippen LogP contribution in [0, 0.1) is 12.3 Å². The smallest absolute Gasteiger partial charge is 0.254 e. The fourth-order valence-electron chi connectivity index (χ4n) is 4.64. The van der Waals surface area contributed by atoms with E-state index >= 15 is 0 Å². The van der Waals surface area contributed by atoms with Crippen LogP contribution in [-0.2, 0) is 16.0 Å². The fraction of sp³-hybridized carbons (Fsp3) is 0.500. The van der Waals surface area contributed by atoms with Crippen molar-refractivity contribution in [3.8, 4) is 5.75 Å². The highest BCUT2D eigenvalue weighted by Crippen LogP contribution is 2.40. The largest absolute Gasteiger partial charge is 0.508 e. The molecule has 0 radical (unpaired) electrons. The maximum Gasteiger partial charge on any atom is 0.254 e. The first-order valence-corrected chi connectivity index (χ1v) is 14.2. The monoisotopic (exact) mass is 555 g/mol. The molecule has 1 heterocycles. The molecule has 2 aromatic carbocycles. The van der Waals surface area contributed by atoms with Crippen molar-refractivity contribution >= 4 is 29.5 Å². The van der Waals surface area contributed by atoms with E-state index in [1.165, 1.54) is 22.7 Å². The lowest BCUT2D eigenvalue weighted by atomic mass is 9.92. The highest BCUT2D eigenvalue weighted by atomic mass is 32.2. The number of carbonyl (C=O) groups is 3. The van der Waals surface area contributed by atoms with Gasteiger partial charge in [0.25, 0.3) is 11.8 Å². The normalized spacial score (nSPS) is 18.3. The molecule has 3 amide bonds. The molecule has 3 atom stereocenters. The van der Waals surface area contributed by atoms with Gasteiger partial charge in [-0.25, -0.2) is 0 Å². The Hall–Kier alpha value is -3.04. The number of nitrogens with one attached hydrogen (secondary N) is 2. The molecule has 9 heteroatoms. The maximum absolute atomic E-state index is 13.7. The Kier molecular flexibility index (Phi) is 9.72. The van der Waals surface area contributed by atoms with E-state index < -0.39 is 34.7 Å². The molecular weight excluding hydrogens is 514 g/mol. The molecule has 1 saturated heterocycles. The number of carbonyl (C=O) groups excluding carboxylic acids is 3. The summed E-state index contributed by atoms with van der Waals surface area (Å²) in [5, 5.41) is 27.2. The summed E-state index contributed by atoms with van der Waals surface area (Å²) < 4.78 is -0.557. The number of thioether (sulfide) groups is 1. The zero-order valence-corrected chi connectivity index (χ0v) is 24.5. The Labute approximate surface area is 235 Å². The Morgan fingerprint density at radius 1 is 1.10 bits per heavy atom. The number of nitrogens with zero attached hydrogens (tertiary/aromatic N) is 1. The number of phenols is 1. The van der Waals surface area contributed by atoms with Crippen LogP contribution in [0.5, 0.6) is 5.75 Å². The number of phenolic OH excluding ortho intramolecular Hbond substituents is 1. The van der Waals surface area contributed by atoms with Crippen molar-refractivity contribution in [1.29, 1.82) is 0 Å². The number of aliphatic hydroxyl groups is 1. The van der Waals surface area contributed by atoms with E-state index in [9.17, 15) is 24.6 Å². The minimum Gasteiger partial charge on any atom is -0.508 e. The highest BCUT2D eigenvalue weighted by Gasteiger charge is 2.49. The first-order valence-electron chi connectivity index (χ1n) is 13.2. The van der Waals surface area contributed by atoms with E-state index in [2.05, 4.69) is 31.4 Å². The van der Waals surface area contributed by atoms with Crippen LogP contribution in [0.3, 0.4) is 0 Å². The summed E-state index contributed by atoms with van der Waals surface area (Å²) in [6.45, 7) is 12.2. The molecule has 0 unspecified atom stereocenters. The maximum atomic E-state index is 13.7. The number of hydrogen-bond donors (Lipinski definition) is 4. The van der Waals surface area contributed by atoms with Gasteiger partial charge in [-0.15, -0.1) is 11.8 Å². The predicted molar refractivity (Wildman–Crippen MR) is 155 cm³/mol. The number of amides is 3. The van der Waals surface area contributed by atoms with Gasteiger partial charge in [-0.1, -0.05) is 57.2 Å². The van der Waals surface area contributed by atoms with Gasteiger partial charge in [0.05, 0.1) is 11.9 Å². The molecule has 0 aliphatic carbocycles. The number of benzene rings is 2. The lowest BCUT2D eigenvalue weighted by Crippen LogP contribution is -2.58. The molecule has 1 aliphatic rings. The van der Waals surface area contributed by atoms with E-state index in [1.807, 2.05) is 44.2 Å².